The first-order valence-corrected chi connectivity index (χ1v) is 8.29. The molecule has 138 valence electrons. The van der Waals surface area contributed by atoms with Crippen LogP contribution in [0, 0.1) is 6.92 Å². The van der Waals surface area contributed by atoms with Crippen LogP contribution in [0.25, 0.3) is 0 Å². The van der Waals surface area contributed by atoms with E-state index in [4.69, 9.17) is 0 Å². The van der Waals surface area contributed by atoms with Gasteiger partial charge in [-0.1, -0.05) is 12.1 Å². The molecule has 2 aromatic rings. The number of hydrogen-bond acceptors (Lipinski definition) is 3. The van der Waals surface area contributed by atoms with Crippen LogP contribution in [0.5, 0.6) is 0 Å². The van der Waals surface area contributed by atoms with E-state index in [1.165, 1.54) is 12.1 Å². The van der Waals surface area contributed by atoms with E-state index in [2.05, 4.69) is 20.6 Å². The van der Waals surface area contributed by atoms with Crippen molar-refractivity contribution in [3.05, 3.63) is 51.5 Å². The van der Waals surface area contributed by atoms with Crippen LogP contribution in [0.4, 0.5) is 13.2 Å². The predicted molar refractivity (Wildman–Crippen MR) is 105 cm³/mol. The van der Waals surface area contributed by atoms with Crippen molar-refractivity contribution < 1.29 is 13.2 Å². The highest BCUT2D eigenvalue weighted by molar-refractivity contribution is 14.0. The Hall–Kier alpha value is -1.36. The summed E-state index contributed by atoms with van der Waals surface area (Å²) in [6, 6.07) is 5.04. The maximum atomic E-state index is 12.5. The van der Waals surface area contributed by atoms with Crippen molar-refractivity contribution >= 4 is 41.3 Å². The molecule has 0 spiro atoms. The molecule has 1 heterocycles. The standard InChI is InChI=1S/C16H19F3N4S.HI/c1-3-20-15(23-10-14-9-21-11(2)24-14)22-8-12-4-6-13(7-5-12)16(17,18)19;/h4-7,9H,3,8,10H2,1-2H3,(H2,20,22,23);1H. The number of aromatic nitrogens is 1. The summed E-state index contributed by atoms with van der Waals surface area (Å²) >= 11 is 1.60. The van der Waals surface area contributed by atoms with Gasteiger partial charge in [0.25, 0.3) is 0 Å². The van der Waals surface area contributed by atoms with Crippen LogP contribution in [0.3, 0.4) is 0 Å². The minimum Gasteiger partial charge on any atom is -0.357 e. The van der Waals surface area contributed by atoms with E-state index < -0.39 is 11.7 Å². The van der Waals surface area contributed by atoms with Crippen LogP contribution in [-0.2, 0) is 19.3 Å². The molecule has 0 radical (unpaired) electrons. The first kappa shape index (κ1) is 21.7. The number of thiazole rings is 1. The number of benzene rings is 1. The number of aryl methyl sites for hydroxylation is 1. The fourth-order valence-corrected chi connectivity index (χ4v) is 2.70. The van der Waals surface area contributed by atoms with Crippen molar-refractivity contribution in [1.29, 1.82) is 0 Å². The zero-order valence-electron chi connectivity index (χ0n) is 13.9. The van der Waals surface area contributed by atoms with Gasteiger partial charge in [-0.05, 0) is 31.5 Å². The van der Waals surface area contributed by atoms with Crippen molar-refractivity contribution in [2.24, 2.45) is 4.99 Å². The van der Waals surface area contributed by atoms with Gasteiger partial charge in [-0.25, -0.2) is 9.98 Å². The second kappa shape index (κ2) is 9.95. The lowest BCUT2D eigenvalue weighted by Crippen LogP contribution is -2.36. The van der Waals surface area contributed by atoms with Crippen LogP contribution in [0.15, 0.2) is 35.5 Å². The molecule has 0 saturated carbocycles. The molecular weight excluding hydrogens is 464 g/mol. The first-order valence-electron chi connectivity index (χ1n) is 7.48. The van der Waals surface area contributed by atoms with Crippen molar-refractivity contribution in [1.82, 2.24) is 15.6 Å². The van der Waals surface area contributed by atoms with E-state index in [1.54, 1.807) is 11.3 Å². The Balaban J connectivity index is 0.00000312. The highest BCUT2D eigenvalue weighted by atomic mass is 127. The van der Waals surface area contributed by atoms with Crippen LogP contribution in [-0.4, -0.2) is 17.5 Å². The first-order chi connectivity index (χ1) is 11.4. The zero-order chi connectivity index (χ0) is 17.6. The van der Waals surface area contributed by atoms with Gasteiger partial charge in [0, 0.05) is 17.6 Å². The number of aliphatic imine (C=N–C) groups is 1. The molecule has 2 N–H and O–H groups in total. The maximum Gasteiger partial charge on any atom is 0.416 e. The molecule has 0 aliphatic heterocycles. The summed E-state index contributed by atoms with van der Waals surface area (Å²) in [6.07, 6.45) is -2.50. The summed E-state index contributed by atoms with van der Waals surface area (Å²) in [7, 11) is 0. The highest BCUT2D eigenvalue weighted by Crippen LogP contribution is 2.29. The van der Waals surface area contributed by atoms with Gasteiger partial charge in [0.1, 0.15) is 0 Å². The maximum absolute atomic E-state index is 12.5. The Bertz CT molecular complexity index is 683. The summed E-state index contributed by atoms with van der Waals surface area (Å²) in [5, 5.41) is 7.29. The van der Waals surface area contributed by atoms with E-state index in [1.807, 2.05) is 20.0 Å². The minimum atomic E-state index is -4.31. The molecule has 1 aromatic carbocycles. The van der Waals surface area contributed by atoms with Gasteiger partial charge >= 0.3 is 6.18 Å². The number of halogens is 4. The normalized spacial score (nSPS) is 11.8. The zero-order valence-corrected chi connectivity index (χ0v) is 17.0. The SMILES string of the molecule is CCNC(=NCc1ccc(C(F)(F)F)cc1)NCc1cnc(C)s1.I. The molecule has 4 nitrogen and oxygen atoms in total. The molecule has 0 amide bonds. The summed E-state index contributed by atoms with van der Waals surface area (Å²) < 4.78 is 37.6. The quantitative estimate of drug-likeness (QED) is 0.377. The average molecular weight is 484 g/mol. The topological polar surface area (TPSA) is 49.3 Å². The van der Waals surface area contributed by atoms with Crippen molar-refractivity contribution in [2.75, 3.05) is 6.54 Å². The molecule has 0 aliphatic rings. The summed E-state index contributed by atoms with van der Waals surface area (Å²) in [4.78, 5) is 9.67. The highest BCUT2D eigenvalue weighted by Gasteiger charge is 2.29. The summed E-state index contributed by atoms with van der Waals surface area (Å²) in [5.74, 6) is 0.614. The van der Waals surface area contributed by atoms with Gasteiger partial charge in [-0.15, -0.1) is 35.3 Å². The number of rotatable bonds is 5. The fraction of sp³-hybridized carbons (Fsp3) is 0.375. The fourth-order valence-electron chi connectivity index (χ4n) is 1.97. The Kier molecular flexibility index (Phi) is 8.63. The molecule has 0 fully saturated rings. The van der Waals surface area contributed by atoms with E-state index in [0.717, 1.165) is 22.0 Å². The number of nitrogens with one attached hydrogen (secondary N) is 2. The van der Waals surface area contributed by atoms with Gasteiger partial charge < -0.3 is 10.6 Å². The Morgan fingerprint density at radius 2 is 1.88 bits per heavy atom. The minimum absolute atomic E-state index is 0. The molecule has 0 aliphatic carbocycles. The van der Waals surface area contributed by atoms with Gasteiger partial charge in [0.05, 0.1) is 23.7 Å². The molecule has 0 atom stereocenters. The molecule has 1 aromatic heterocycles. The van der Waals surface area contributed by atoms with Gasteiger partial charge in [0.2, 0.25) is 0 Å². The van der Waals surface area contributed by atoms with Gasteiger partial charge in [-0.2, -0.15) is 13.2 Å². The van der Waals surface area contributed by atoms with E-state index in [-0.39, 0.29) is 24.0 Å². The number of guanidine groups is 1. The lowest BCUT2D eigenvalue weighted by Gasteiger charge is -2.11. The smallest absolute Gasteiger partial charge is 0.357 e. The molecule has 25 heavy (non-hydrogen) atoms. The largest absolute Gasteiger partial charge is 0.416 e. The molecule has 0 saturated heterocycles. The Morgan fingerprint density at radius 1 is 1.20 bits per heavy atom. The van der Waals surface area contributed by atoms with Crippen LogP contribution in [0.1, 0.15) is 27.9 Å². The summed E-state index contributed by atoms with van der Waals surface area (Å²) in [6.45, 7) is 5.49. The number of nitrogens with zero attached hydrogens (tertiary/aromatic N) is 2. The second-order valence-corrected chi connectivity index (χ2v) is 6.41. The molecule has 9 heteroatoms. The van der Waals surface area contributed by atoms with Crippen molar-refractivity contribution in [3.63, 3.8) is 0 Å². The van der Waals surface area contributed by atoms with E-state index in [9.17, 15) is 13.2 Å². The number of alkyl halides is 3. The van der Waals surface area contributed by atoms with E-state index >= 15 is 0 Å². The Morgan fingerprint density at radius 3 is 2.40 bits per heavy atom. The molecule has 2 rings (SSSR count). The van der Waals surface area contributed by atoms with Crippen LogP contribution >= 0.6 is 35.3 Å². The van der Waals surface area contributed by atoms with Gasteiger partial charge in [0.15, 0.2) is 5.96 Å². The van der Waals surface area contributed by atoms with Crippen LogP contribution in [0.2, 0.25) is 0 Å². The monoisotopic (exact) mass is 484 g/mol. The number of hydrogen-bond donors (Lipinski definition) is 2. The lowest BCUT2D eigenvalue weighted by molar-refractivity contribution is -0.137. The third-order valence-corrected chi connectivity index (χ3v) is 4.06. The molecule has 0 bridgehead atoms. The third kappa shape index (κ3) is 7.18. The van der Waals surface area contributed by atoms with Crippen LogP contribution < -0.4 is 10.6 Å². The second-order valence-electron chi connectivity index (χ2n) is 5.09. The predicted octanol–water partition coefficient (Wildman–Crippen LogP) is 4.34. The Labute approximate surface area is 166 Å². The van der Waals surface area contributed by atoms with Gasteiger partial charge in [-0.3, -0.25) is 0 Å². The molecular formula is C16H20F3IN4S. The van der Waals surface area contributed by atoms with E-state index in [0.29, 0.717) is 31.2 Å². The van der Waals surface area contributed by atoms with Crippen molar-refractivity contribution in [2.45, 2.75) is 33.1 Å². The summed E-state index contributed by atoms with van der Waals surface area (Å²) in [5.41, 5.74) is 0.0645. The lowest BCUT2D eigenvalue weighted by atomic mass is 10.1. The third-order valence-electron chi connectivity index (χ3n) is 3.14. The average Bonchev–Trinajstić information content (AvgIpc) is 2.95. The molecule has 0 unspecified atom stereocenters. The van der Waals surface area contributed by atoms with Crippen molar-refractivity contribution in [3.8, 4) is 0 Å².